The highest BCUT2D eigenvalue weighted by atomic mass is 16.5. The highest BCUT2D eigenvalue weighted by Gasteiger charge is 2.39. The van der Waals surface area contributed by atoms with Gasteiger partial charge in [0.15, 0.2) is 12.0 Å². The molecule has 3 aliphatic rings. The maximum atomic E-state index is 13.1. The van der Waals surface area contributed by atoms with E-state index in [4.69, 9.17) is 10.00 Å². The Hall–Kier alpha value is -3.60. The van der Waals surface area contributed by atoms with Gasteiger partial charge in [0.2, 0.25) is 0 Å². The van der Waals surface area contributed by atoms with E-state index in [0.29, 0.717) is 37.7 Å². The molecule has 1 unspecified atom stereocenters. The molecule has 170 valence electrons. The summed E-state index contributed by atoms with van der Waals surface area (Å²) < 4.78 is 9.86. The minimum atomic E-state index is -0.418. The van der Waals surface area contributed by atoms with Crippen LogP contribution in [0.25, 0.3) is 16.6 Å². The number of allylic oxidation sites excluding steroid dienone is 1. The molecule has 0 saturated heterocycles. The Morgan fingerprint density at radius 1 is 1.24 bits per heavy atom. The normalized spacial score (nSPS) is 19.8. The monoisotopic (exact) mass is 446 g/mol. The van der Waals surface area contributed by atoms with Crippen LogP contribution in [-0.2, 0) is 18.4 Å². The molecule has 1 aromatic heterocycles. The smallest absolute Gasteiger partial charge is 0.328 e. The minimum absolute atomic E-state index is 0.00936. The number of carbonyl (C=O) groups is 1. The number of benzene rings is 1. The van der Waals surface area contributed by atoms with Crippen molar-refractivity contribution in [2.45, 2.75) is 44.7 Å². The summed E-state index contributed by atoms with van der Waals surface area (Å²) in [5.41, 5.74) is 4.12. The third-order valence-corrected chi connectivity index (χ3v) is 6.97. The van der Waals surface area contributed by atoms with Crippen LogP contribution in [0, 0.1) is 17.2 Å². The first-order valence-electron chi connectivity index (χ1n) is 11.5. The summed E-state index contributed by atoms with van der Waals surface area (Å²) in [6, 6.07) is 5.68. The number of aromatic nitrogens is 2. The molecule has 3 heterocycles. The Morgan fingerprint density at radius 2 is 2.06 bits per heavy atom. The Labute approximate surface area is 192 Å². The van der Waals surface area contributed by atoms with Crippen molar-refractivity contribution < 1.29 is 14.5 Å². The second-order valence-electron chi connectivity index (χ2n) is 9.05. The highest BCUT2D eigenvalue weighted by molar-refractivity contribution is 6.03. The van der Waals surface area contributed by atoms with Gasteiger partial charge in [-0.15, -0.1) is 0 Å². The lowest BCUT2D eigenvalue weighted by molar-refractivity contribution is -0.467. The summed E-state index contributed by atoms with van der Waals surface area (Å²) in [6.45, 7) is 1.05. The molecule has 8 heteroatoms. The Morgan fingerprint density at radius 3 is 2.79 bits per heavy atom. The summed E-state index contributed by atoms with van der Waals surface area (Å²) in [5, 5.41) is 8.99. The molecule has 1 amide bonds. The number of nitrogens with one attached hydrogen (secondary N) is 1. The van der Waals surface area contributed by atoms with E-state index < -0.39 is 6.04 Å². The standard InChI is InChI=1S/C25H27N5O3/c1-28-14-19(17-10-12-27-21(17)24(28)31)18-8-9-20-22(23(18)33-15-16-6-5-7-16)30(13-4-3-11-26)25(32)29(20)2/h8-10,12,14,16,21H,3-7,13,15H2,1-2H3/p+1. The van der Waals surface area contributed by atoms with E-state index in [-0.39, 0.29) is 11.6 Å². The van der Waals surface area contributed by atoms with Gasteiger partial charge in [0.05, 0.1) is 18.2 Å². The molecule has 1 atom stereocenters. The molecule has 2 aromatic rings. The third kappa shape index (κ3) is 3.48. The SMILES string of the molecule is CN1C=C(c2ccc3c(c2OCC2CCC2)n(CCCC#N)c(=O)n3C)C2=CC=[NH+]C2C1=O. The molecule has 1 fully saturated rings. The number of fused-ring (bicyclic) bond motifs is 2. The average Bonchev–Trinajstić information content (AvgIpc) is 3.35. The molecule has 8 nitrogen and oxygen atoms in total. The number of ether oxygens (including phenoxy) is 1. The van der Waals surface area contributed by atoms with Crippen molar-refractivity contribution in [3.05, 3.63) is 46.0 Å². The van der Waals surface area contributed by atoms with Gasteiger partial charge in [0.1, 0.15) is 5.52 Å². The van der Waals surface area contributed by atoms with Crippen molar-refractivity contribution in [2.75, 3.05) is 13.7 Å². The molecule has 1 aliphatic carbocycles. The number of hydrogen-bond donors (Lipinski definition) is 1. The summed E-state index contributed by atoms with van der Waals surface area (Å²) >= 11 is 0. The van der Waals surface area contributed by atoms with Crippen molar-refractivity contribution in [3.63, 3.8) is 0 Å². The summed E-state index contributed by atoms with van der Waals surface area (Å²) in [6.07, 6.45) is 10.1. The van der Waals surface area contributed by atoms with Crippen LogP contribution < -0.4 is 15.4 Å². The fraction of sp³-hybridized carbons (Fsp3) is 0.440. The summed E-state index contributed by atoms with van der Waals surface area (Å²) in [5.74, 6) is 1.19. The van der Waals surface area contributed by atoms with Gasteiger partial charge in [-0.1, -0.05) is 6.42 Å². The molecule has 1 saturated carbocycles. The fourth-order valence-electron chi connectivity index (χ4n) is 4.84. The number of aryl methyl sites for hydroxylation is 2. The Kier molecular flexibility index (Phi) is 5.41. The minimum Gasteiger partial charge on any atom is -0.490 e. The lowest BCUT2D eigenvalue weighted by Crippen LogP contribution is -2.78. The second-order valence-corrected chi connectivity index (χ2v) is 9.05. The van der Waals surface area contributed by atoms with Crippen LogP contribution in [-0.4, -0.2) is 45.9 Å². The Bertz CT molecular complexity index is 1320. The number of hydrogen-bond acceptors (Lipinski definition) is 4. The predicted molar refractivity (Wildman–Crippen MR) is 125 cm³/mol. The third-order valence-electron chi connectivity index (χ3n) is 6.97. The van der Waals surface area contributed by atoms with Crippen molar-refractivity contribution >= 4 is 28.7 Å². The number of unbranched alkanes of at least 4 members (excludes halogenated alkanes) is 1. The molecular weight excluding hydrogens is 418 g/mol. The first-order valence-corrected chi connectivity index (χ1v) is 11.5. The zero-order valence-electron chi connectivity index (χ0n) is 19.0. The number of rotatable bonds is 7. The van der Waals surface area contributed by atoms with Crippen LogP contribution in [0.15, 0.2) is 34.8 Å². The maximum Gasteiger partial charge on any atom is 0.328 e. The molecular formula is C25H28N5O3+. The molecule has 33 heavy (non-hydrogen) atoms. The molecule has 0 bridgehead atoms. The zero-order valence-corrected chi connectivity index (χ0v) is 19.0. The van der Waals surface area contributed by atoms with E-state index in [2.05, 4.69) is 11.1 Å². The highest BCUT2D eigenvalue weighted by Crippen LogP contribution is 2.40. The first-order chi connectivity index (χ1) is 16.0. The van der Waals surface area contributed by atoms with E-state index in [9.17, 15) is 9.59 Å². The lowest BCUT2D eigenvalue weighted by Gasteiger charge is -2.28. The number of imidazole rings is 1. The number of nitriles is 1. The van der Waals surface area contributed by atoms with Gasteiger partial charge in [-0.2, -0.15) is 5.26 Å². The quantitative estimate of drug-likeness (QED) is 0.645. The van der Waals surface area contributed by atoms with Crippen molar-refractivity contribution in [1.29, 1.82) is 5.26 Å². The van der Waals surface area contributed by atoms with Gasteiger partial charge in [0.25, 0.3) is 11.9 Å². The van der Waals surface area contributed by atoms with E-state index in [0.717, 1.165) is 40.6 Å². The van der Waals surface area contributed by atoms with Crippen LogP contribution in [0.5, 0.6) is 5.75 Å². The summed E-state index contributed by atoms with van der Waals surface area (Å²) in [4.78, 5) is 30.5. The van der Waals surface area contributed by atoms with Crippen molar-refractivity contribution in [2.24, 2.45) is 13.0 Å². The van der Waals surface area contributed by atoms with Gasteiger partial charge >= 0.3 is 5.69 Å². The lowest BCUT2D eigenvalue weighted by atomic mass is 9.86. The van der Waals surface area contributed by atoms with Gasteiger partial charge in [-0.3, -0.25) is 13.9 Å². The van der Waals surface area contributed by atoms with Gasteiger partial charge in [-0.05, 0) is 37.3 Å². The number of nitrogens with zero attached hydrogens (tertiary/aromatic N) is 4. The average molecular weight is 447 g/mol. The van der Waals surface area contributed by atoms with E-state index >= 15 is 0 Å². The van der Waals surface area contributed by atoms with Crippen LogP contribution in [0.1, 0.15) is 37.7 Å². The summed E-state index contributed by atoms with van der Waals surface area (Å²) in [7, 11) is 3.52. The molecule has 0 radical (unpaired) electrons. The van der Waals surface area contributed by atoms with E-state index in [1.54, 1.807) is 34.3 Å². The second kappa shape index (κ2) is 8.39. The zero-order chi connectivity index (χ0) is 23.1. The van der Waals surface area contributed by atoms with Gasteiger partial charge in [-0.25, -0.2) is 9.79 Å². The largest absolute Gasteiger partial charge is 0.490 e. The van der Waals surface area contributed by atoms with Gasteiger partial charge in [0, 0.05) is 56.0 Å². The Balaban J connectivity index is 1.69. The van der Waals surface area contributed by atoms with Crippen LogP contribution in [0.3, 0.4) is 0 Å². The van der Waals surface area contributed by atoms with Crippen molar-refractivity contribution in [1.82, 2.24) is 14.0 Å². The number of amides is 1. The number of carbonyl (C=O) groups excluding carboxylic acids is 1. The molecule has 1 N–H and O–H groups in total. The molecule has 5 rings (SSSR count). The van der Waals surface area contributed by atoms with Crippen LogP contribution >= 0.6 is 0 Å². The van der Waals surface area contributed by atoms with Gasteiger partial charge < -0.3 is 9.64 Å². The van der Waals surface area contributed by atoms with E-state index in [1.807, 2.05) is 24.4 Å². The maximum absolute atomic E-state index is 13.1. The van der Waals surface area contributed by atoms with E-state index in [1.165, 1.54) is 6.42 Å². The topological polar surface area (TPSA) is 94.2 Å². The predicted octanol–water partition coefficient (Wildman–Crippen LogP) is 1.10. The fourth-order valence-corrected chi connectivity index (χ4v) is 4.84. The molecule has 0 spiro atoms. The van der Waals surface area contributed by atoms with Crippen molar-refractivity contribution in [3.8, 4) is 11.8 Å². The number of likely N-dealkylation sites (N-methyl/N-ethyl adjacent to an activating group) is 1. The molecule has 1 aromatic carbocycles. The van der Waals surface area contributed by atoms with Crippen LogP contribution in [0.2, 0.25) is 0 Å². The molecule has 2 aliphatic heterocycles. The first kappa shape index (κ1) is 21.3. The van der Waals surface area contributed by atoms with Crippen LogP contribution in [0.4, 0.5) is 0 Å².